The third-order valence-electron chi connectivity index (χ3n) is 2.60. The summed E-state index contributed by atoms with van der Waals surface area (Å²) in [5.41, 5.74) is 0.887. The molecule has 102 valence electrons. The van der Waals surface area contributed by atoms with Gasteiger partial charge in [0.25, 0.3) is 0 Å². The lowest BCUT2D eigenvalue weighted by Gasteiger charge is -2.13. The molecule has 0 aromatic carbocycles. The third kappa shape index (κ3) is 3.58. The van der Waals surface area contributed by atoms with Gasteiger partial charge in [-0.25, -0.2) is 0 Å². The highest BCUT2D eigenvalue weighted by atomic mass is 32.1. The lowest BCUT2D eigenvalue weighted by atomic mass is 10.2. The number of aliphatic hydroxyl groups excluding tert-OH is 1. The molecule has 19 heavy (non-hydrogen) atoms. The Morgan fingerprint density at radius 1 is 1.63 bits per heavy atom. The average Bonchev–Trinajstić information content (AvgIpc) is 3.06. The zero-order valence-electron chi connectivity index (χ0n) is 10.5. The van der Waals surface area contributed by atoms with Crippen molar-refractivity contribution >= 4 is 17.2 Å². The minimum Gasteiger partial charge on any atom is -0.394 e. The lowest BCUT2D eigenvalue weighted by molar-refractivity contribution is -0.123. The van der Waals surface area contributed by atoms with Crippen molar-refractivity contribution in [1.29, 1.82) is 0 Å². The van der Waals surface area contributed by atoms with E-state index in [0.29, 0.717) is 12.2 Å². The van der Waals surface area contributed by atoms with Gasteiger partial charge in [-0.3, -0.25) is 4.79 Å². The monoisotopic (exact) mass is 281 g/mol. The van der Waals surface area contributed by atoms with E-state index in [0.717, 1.165) is 5.56 Å². The molecule has 0 fully saturated rings. The summed E-state index contributed by atoms with van der Waals surface area (Å²) in [6.45, 7) is 1.81. The first-order valence-electron chi connectivity index (χ1n) is 5.93. The Balaban J connectivity index is 1.95. The van der Waals surface area contributed by atoms with Gasteiger partial charge in [0.2, 0.25) is 11.7 Å². The number of nitrogens with zero attached hydrogens (tertiary/aromatic N) is 4. The first kappa shape index (κ1) is 13.6. The Hall–Kier alpha value is -1.80. The second-order valence-corrected chi connectivity index (χ2v) is 4.79. The molecule has 8 heteroatoms. The van der Waals surface area contributed by atoms with Crippen molar-refractivity contribution in [3.05, 3.63) is 16.8 Å². The van der Waals surface area contributed by atoms with Gasteiger partial charge in [0.05, 0.1) is 12.6 Å². The molecular formula is C11H15N5O2S. The van der Waals surface area contributed by atoms with Crippen LogP contribution in [0.25, 0.3) is 11.4 Å². The molecule has 1 amide bonds. The molecule has 2 aromatic rings. The molecule has 2 aromatic heterocycles. The predicted molar refractivity (Wildman–Crippen MR) is 70.4 cm³/mol. The fourth-order valence-corrected chi connectivity index (χ4v) is 2.13. The molecule has 2 rings (SSSR count). The molecule has 0 saturated carbocycles. The van der Waals surface area contributed by atoms with E-state index in [9.17, 15) is 4.79 Å². The van der Waals surface area contributed by atoms with Crippen molar-refractivity contribution in [2.75, 3.05) is 6.61 Å². The van der Waals surface area contributed by atoms with Crippen molar-refractivity contribution in [2.45, 2.75) is 25.9 Å². The topological polar surface area (TPSA) is 92.9 Å². The Labute approximate surface area is 114 Å². The third-order valence-corrected chi connectivity index (χ3v) is 3.28. The summed E-state index contributed by atoms with van der Waals surface area (Å²) in [7, 11) is 0. The highest BCUT2D eigenvalue weighted by Gasteiger charge is 2.12. The Kier molecular flexibility index (Phi) is 4.58. The first-order chi connectivity index (χ1) is 9.22. The first-order valence-corrected chi connectivity index (χ1v) is 6.87. The van der Waals surface area contributed by atoms with E-state index in [2.05, 4.69) is 20.7 Å². The van der Waals surface area contributed by atoms with Gasteiger partial charge in [0, 0.05) is 10.9 Å². The summed E-state index contributed by atoms with van der Waals surface area (Å²) >= 11 is 1.55. The van der Waals surface area contributed by atoms with Gasteiger partial charge < -0.3 is 10.4 Å². The van der Waals surface area contributed by atoms with E-state index in [1.807, 2.05) is 23.8 Å². The van der Waals surface area contributed by atoms with E-state index in [4.69, 9.17) is 5.11 Å². The number of carbonyl (C=O) groups excluding carboxylic acids is 1. The predicted octanol–water partition coefficient (Wildman–Crippen LogP) is 0.289. The van der Waals surface area contributed by atoms with Crippen molar-refractivity contribution in [3.8, 4) is 11.4 Å². The summed E-state index contributed by atoms with van der Waals surface area (Å²) in [4.78, 5) is 12.9. The molecule has 0 aliphatic carbocycles. The molecule has 0 radical (unpaired) electrons. The van der Waals surface area contributed by atoms with Crippen LogP contribution in [-0.2, 0) is 11.3 Å². The zero-order valence-corrected chi connectivity index (χ0v) is 11.3. The Bertz CT molecular complexity index is 521. The number of thiophene rings is 1. The van der Waals surface area contributed by atoms with Crippen LogP contribution in [0, 0.1) is 0 Å². The zero-order chi connectivity index (χ0) is 13.7. The number of aliphatic hydroxyl groups is 1. The number of tetrazole rings is 1. The van der Waals surface area contributed by atoms with Crippen molar-refractivity contribution in [3.63, 3.8) is 0 Å². The molecule has 7 nitrogen and oxygen atoms in total. The highest BCUT2D eigenvalue weighted by molar-refractivity contribution is 7.08. The van der Waals surface area contributed by atoms with Crippen LogP contribution in [0.5, 0.6) is 0 Å². The highest BCUT2D eigenvalue weighted by Crippen LogP contribution is 2.16. The second kappa shape index (κ2) is 6.39. The van der Waals surface area contributed by atoms with Crippen LogP contribution in [0.3, 0.4) is 0 Å². The van der Waals surface area contributed by atoms with Crippen LogP contribution in [0.4, 0.5) is 0 Å². The van der Waals surface area contributed by atoms with Gasteiger partial charge in [-0.1, -0.05) is 6.92 Å². The largest absolute Gasteiger partial charge is 0.394 e. The fraction of sp³-hybridized carbons (Fsp3) is 0.455. The Morgan fingerprint density at radius 2 is 2.47 bits per heavy atom. The number of aromatic nitrogens is 4. The number of hydrogen-bond donors (Lipinski definition) is 2. The van der Waals surface area contributed by atoms with E-state index < -0.39 is 0 Å². The maximum Gasteiger partial charge on any atom is 0.243 e. The summed E-state index contributed by atoms with van der Waals surface area (Å²) in [5.74, 6) is 0.262. The number of amides is 1. The molecule has 2 N–H and O–H groups in total. The van der Waals surface area contributed by atoms with Gasteiger partial charge >= 0.3 is 0 Å². The lowest BCUT2D eigenvalue weighted by Crippen LogP contribution is -2.39. The summed E-state index contributed by atoms with van der Waals surface area (Å²) in [5, 5.41) is 27.4. The fourth-order valence-electron chi connectivity index (χ4n) is 1.50. The van der Waals surface area contributed by atoms with Crippen LogP contribution in [0.15, 0.2) is 16.8 Å². The second-order valence-electron chi connectivity index (χ2n) is 4.01. The minimum atomic E-state index is -0.241. The quantitative estimate of drug-likeness (QED) is 0.794. The molecule has 0 saturated heterocycles. The number of hydrogen-bond acceptors (Lipinski definition) is 6. The van der Waals surface area contributed by atoms with Crippen LogP contribution < -0.4 is 5.32 Å². The normalized spacial score (nSPS) is 12.3. The van der Waals surface area contributed by atoms with Crippen molar-refractivity contribution in [1.82, 2.24) is 25.5 Å². The maximum atomic E-state index is 11.7. The van der Waals surface area contributed by atoms with Gasteiger partial charge in [0.1, 0.15) is 6.54 Å². The number of nitrogens with one attached hydrogen (secondary N) is 1. The van der Waals surface area contributed by atoms with E-state index in [1.54, 1.807) is 11.3 Å². The molecule has 1 atom stereocenters. The molecule has 0 aliphatic rings. The molecule has 0 bridgehead atoms. The molecule has 2 heterocycles. The minimum absolute atomic E-state index is 0.00631. The van der Waals surface area contributed by atoms with Gasteiger partial charge in [-0.15, -0.1) is 10.2 Å². The molecular weight excluding hydrogens is 266 g/mol. The molecule has 0 aliphatic heterocycles. The van der Waals surface area contributed by atoms with Crippen LogP contribution in [0.2, 0.25) is 0 Å². The Morgan fingerprint density at radius 3 is 3.11 bits per heavy atom. The van der Waals surface area contributed by atoms with E-state index >= 15 is 0 Å². The van der Waals surface area contributed by atoms with Crippen molar-refractivity contribution in [2.24, 2.45) is 0 Å². The SMILES string of the molecule is CC[C@@H](CO)NC(=O)Cn1nnc(-c2ccsc2)n1. The summed E-state index contributed by atoms with van der Waals surface area (Å²) < 4.78 is 0. The standard InChI is InChI=1S/C11H15N5O2S/c1-2-9(6-17)12-10(18)5-16-14-11(13-15-16)8-3-4-19-7-8/h3-4,7,9,17H,2,5-6H2,1H3,(H,12,18)/t9-/m0/s1. The van der Waals surface area contributed by atoms with Crippen LogP contribution in [0.1, 0.15) is 13.3 Å². The summed E-state index contributed by atoms with van der Waals surface area (Å²) in [6, 6.07) is 1.66. The summed E-state index contributed by atoms with van der Waals surface area (Å²) in [6.07, 6.45) is 0.674. The van der Waals surface area contributed by atoms with Crippen LogP contribution in [-0.4, -0.2) is 43.9 Å². The van der Waals surface area contributed by atoms with Crippen LogP contribution >= 0.6 is 11.3 Å². The molecule has 0 spiro atoms. The molecule has 0 unspecified atom stereocenters. The van der Waals surface area contributed by atoms with Crippen molar-refractivity contribution < 1.29 is 9.90 Å². The smallest absolute Gasteiger partial charge is 0.243 e. The number of carbonyl (C=O) groups is 1. The maximum absolute atomic E-state index is 11.7. The average molecular weight is 281 g/mol. The number of rotatable bonds is 6. The van der Waals surface area contributed by atoms with Gasteiger partial charge in [-0.2, -0.15) is 16.1 Å². The van der Waals surface area contributed by atoms with E-state index in [-0.39, 0.29) is 25.1 Å². The van der Waals surface area contributed by atoms with Gasteiger partial charge in [-0.05, 0) is 23.1 Å². The van der Waals surface area contributed by atoms with E-state index in [1.165, 1.54) is 4.80 Å². The van der Waals surface area contributed by atoms with Gasteiger partial charge in [0.15, 0.2) is 0 Å².